The molecule has 0 spiro atoms. The molecule has 1 saturated heterocycles. The number of amides is 1. The van der Waals surface area contributed by atoms with E-state index >= 15 is 0 Å². The summed E-state index contributed by atoms with van der Waals surface area (Å²) in [6.07, 6.45) is 4.33. The molecule has 3 rings (SSSR count). The molecule has 1 aliphatic heterocycles. The van der Waals surface area contributed by atoms with Crippen molar-refractivity contribution < 1.29 is 4.79 Å². The third-order valence-corrected chi connectivity index (χ3v) is 5.13. The summed E-state index contributed by atoms with van der Waals surface area (Å²) in [5, 5.41) is 2.98. The van der Waals surface area contributed by atoms with Crippen molar-refractivity contribution in [2.75, 3.05) is 25.0 Å². The van der Waals surface area contributed by atoms with Crippen LogP contribution in [0, 0.1) is 6.92 Å². The van der Waals surface area contributed by atoms with Crippen LogP contribution in [0.1, 0.15) is 23.5 Å². The van der Waals surface area contributed by atoms with E-state index in [1.165, 1.54) is 0 Å². The minimum absolute atomic E-state index is 0.142. The largest absolute Gasteiger partial charge is 0.355 e. The predicted octanol–water partition coefficient (Wildman–Crippen LogP) is 2.52. The van der Waals surface area contributed by atoms with Gasteiger partial charge in [0, 0.05) is 37.8 Å². The van der Waals surface area contributed by atoms with E-state index in [0.717, 1.165) is 42.5 Å². The van der Waals surface area contributed by atoms with Crippen LogP contribution in [0.4, 0.5) is 5.82 Å². The molecule has 0 radical (unpaired) electrons. The minimum Gasteiger partial charge on any atom is -0.355 e. The Morgan fingerprint density at radius 2 is 2.35 bits per heavy atom. The number of nitrogens with zero attached hydrogens (tertiary/aromatic N) is 4. The van der Waals surface area contributed by atoms with Gasteiger partial charge in [-0.2, -0.15) is 0 Å². The van der Waals surface area contributed by atoms with Gasteiger partial charge in [-0.15, -0.1) is 11.3 Å². The fourth-order valence-electron chi connectivity index (χ4n) is 2.99. The molecule has 1 amide bonds. The number of carbonyl (C=O) groups excluding carboxylic acids is 1. The van der Waals surface area contributed by atoms with Crippen molar-refractivity contribution in [3.63, 3.8) is 0 Å². The Labute approximate surface area is 141 Å². The first-order valence-corrected chi connectivity index (χ1v) is 8.84. The van der Waals surface area contributed by atoms with Gasteiger partial charge in [0.2, 0.25) is 5.91 Å². The first kappa shape index (κ1) is 15.9. The molecule has 0 aromatic carbocycles. The van der Waals surface area contributed by atoms with Gasteiger partial charge in [-0.3, -0.25) is 4.79 Å². The molecule has 23 heavy (non-hydrogen) atoms. The van der Waals surface area contributed by atoms with E-state index < -0.39 is 0 Å². The maximum absolute atomic E-state index is 12.5. The van der Waals surface area contributed by atoms with Crippen LogP contribution in [0.5, 0.6) is 0 Å². The highest BCUT2D eigenvalue weighted by molar-refractivity contribution is 7.09. The lowest BCUT2D eigenvalue weighted by Gasteiger charge is -2.38. The van der Waals surface area contributed by atoms with Crippen molar-refractivity contribution in [2.45, 2.75) is 32.2 Å². The van der Waals surface area contributed by atoms with Crippen molar-refractivity contribution in [3.05, 3.63) is 40.5 Å². The molecule has 1 atom stereocenters. The number of likely N-dealkylation sites (N-methyl/N-ethyl adjacent to an activating group) is 1. The topological polar surface area (TPSA) is 49.3 Å². The molecule has 6 heteroatoms. The minimum atomic E-state index is 0.142. The molecule has 0 saturated carbocycles. The van der Waals surface area contributed by atoms with Crippen molar-refractivity contribution in [2.24, 2.45) is 0 Å². The Balaban J connectivity index is 1.62. The second-order valence-corrected chi connectivity index (χ2v) is 7.03. The highest BCUT2D eigenvalue weighted by Gasteiger charge is 2.26. The smallest absolute Gasteiger partial charge is 0.228 e. The SMILES string of the molecule is Cc1nc(CC(=O)N(C)[C@H]2CCCN(c3ccccn3)C2)cs1. The zero-order chi connectivity index (χ0) is 16.2. The fraction of sp³-hybridized carbons (Fsp3) is 0.471. The number of anilines is 1. The molecule has 0 unspecified atom stereocenters. The van der Waals surface area contributed by atoms with Crippen molar-refractivity contribution in [1.82, 2.24) is 14.9 Å². The van der Waals surface area contributed by atoms with Gasteiger partial charge in [0.05, 0.1) is 17.1 Å². The van der Waals surface area contributed by atoms with Crippen LogP contribution in [0.3, 0.4) is 0 Å². The zero-order valence-corrected chi connectivity index (χ0v) is 14.4. The summed E-state index contributed by atoms with van der Waals surface area (Å²) in [6.45, 7) is 3.81. The quantitative estimate of drug-likeness (QED) is 0.864. The molecule has 2 aromatic heterocycles. The lowest BCUT2D eigenvalue weighted by Crippen LogP contribution is -2.49. The summed E-state index contributed by atoms with van der Waals surface area (Å²) in [5.41, 5.74) is 0.877. The lowest BCUT2D eigenvalue weighted by atomic mass is 10.0. The first-order chi connectivity index (χ1) is 11.1. The third-order valence-electron chi connectivity index (χ3n) is 4.31. The van der Waals surface area contributed by atoms with Gasteiger partial charge in [0.1, 0.15) is 5.82 Å². The van der Waals surface area contributed by atoms with Gasteiger partial charge in [0.15, 0.2) is 0 Å². The summed E-state index contributed by atoms with van der Waals surface area (Å²) in [4.78, 5) is 25.5. The van der Waals surface area contributed by atoms with E-state index in [2.05, 4.69) is 14.9 Å². The lowest BCUT2D eigenvalue weighted by molar-refractivity contribution is -0.131. The van der Waals surface area contributed by atoms with Gasteiger partial charge in [-0.05, 0) is 31.9 Å². The van der Waals surface area contributed by atoms with Crippen molar-refractivity contribution in [1.29, 1.82) is 0 Å². The Kier molecular flexibility index (Phi) is 4.91. The molecule has 3 heterocycles. The van der Waals surface area contributed by atoms with E-state index in [0.29, 0.717) is 6.42 Å². The van der Waals surface area contributed by atoms with Crippen molar-refractivity contribution in [3.8, 4) is 0 Å². The van der Waals surface area contributed by atoms with Crippen LogP contribution in [0.25, 0.3) is 0 Å². The number of thiazole rings is 1. The monoisotopic (exact) mass is 330 g/mol. The van der Waals surface area contributed by atoms with Crippen LogP contribution in [-0.4, -0.2) is 47.0 Å². The van der Waals surface area contributed by atoms with Gasteiger partial charge in [-0.1, -0.05) is 6.07 Å². The Hall–Kier alpha value is -1.95. The maximum Gasteiger partial charge on any atom is 0.228 e. The summed E-state index contributed by atoms with van der Waals surface area (Å²) in [6, 6.07) is 6.20. The summed E-state index contributed by atoms with van der Waals surface area (Å²) in [5.74, 6) is 1.14. The molecule has 5 nitrogen and oxygen atoms in total. The molecule has 122 valence electrons. The number of aryl methyl sites for hydroxylation is 1. The predicted molar refractivity (Wildman–Crippen MR) is 92.8 cm³/mol. The van der Waals surface area contributed by atoms with Crippen LogP contribution < -0.4 is 4.90 Å². The highest BCUT2D eigenvalue weighted by atomic mass is 32.1. The van der Waals surface area contributed by atoms with Crippen LogP contribution in [-0.2, 0) is 11.2 Å². The Morgan fingerprint density at radius 1 is 1.48 bits per heavy atom. The number of piperidine rings is 1. The number of rotatable bonds is 4. The number of carbonyl (C=O) groups is 1. The van der Waals surface area contributed by atoms with E-state index in [4.69, 9.17) is 0 Å². The Morgan fingerprint density at radius 3 is 3.04 bits per heavy atom. The molecule has 1 aliphatic rings. The number of pyridine rings is 1. The average molecular weight is 330 g/mol. The van der Waals surface area contributed by atoms with Gasteiger partial charge >= 0.3 is 0 Å². The first-order valence-electron chi connectivity index (χ1n) is 7.96. The Bertz CT molecular complexity index is 658. The number of hydrogen-bond acceptors (Lipinski definition) is 5. The summed E-state index contributed by atoms with van der Waals surface area (Å²) < 4.78 is 0. The highest BCUT2D eigenvalue weighted by Crippen LogP contribution is 2.20. The van der Waals surface area contributed by atoms with E-state index in [-0.39, 0.29) is 11.9 Å². The van der Waals surface area contributed by atoms with Gasteiger partial charge in [0.25, 0.3) is 0 Å². The van der Waals surface area contributed by atoms with Crippen molar-refractivity contribution >= 4 is 23.1 Å². The number of hydrogen-bond donors (Lipinski definition) is 0. The molecule has 0 N–H and O–H groups in total. The summed E-state index contributed by atoms with van der Waals surface area (Å²) >= 11 is 1.59. The fourth-order valence-corrected chi connectivity index (χ4v) is 3.61. The second kappa shape index (κ2) is 7.08. The molecule has 0 aliphatic carbocycles. The molecular formula is C17H22N4OS. The third kappa shape index (κ3) is 3.88. The maximum atomic E-state index is 12.5. The summed E-state index contributed by atoms with van der Waals surface area (Å²) in [7, 11) is 1.91. The second-order valence-electron chi connectivity index (χ2n) is 5.97. The average Bonchev–Trinajstić information content (AvgIpc) is 3.00. The van der Waals surface area contributed by atoms with Gasteiger partial charge in [-0.25, -0.2) is 9.97 Å². The van der Waals surface area contributed by atoms with Crippen LogP contribution >= 0.6 is 11.3 Å². The van der Waals surface area contributed by atoms with E-state index in [9.17, 15) is 4.79 Å². The molecular weight excluding hydrogens is 308 g/mol. The standard InChI is InChI=1S/C17H22N4OS/c1-13-19-14(12-23-13)10-17(22)20(2)15-6-5-9-21(11-15)16-7-3-4-8-18-16/h3-4,7-8,12,15H,5-6,9-11H2,1-2H3/t15-/m0/s1. The van der Waals surface area contributed by atoms with Gasteiger partial charge < -0.3 is 9.80 Å². The molecule has 2 aromatic rings. The van der Waals surface area contributed by atoms with Crippen LogP contribution in [0.15, 0.2) is 29.8 Å². The molecule has 0 bridgehead atoms. The van der Waals surface area contributed by atoms with E-state index in [1.807, 2.05) is 48.6 Å². The normalized spacial score (nSPS) is 18.0. The molecule has 1 fully saturated rings. The van der Waals surface area contributed by atoms with Crippen LogP contribution in [0.2, 0.25) is 0 Å². The number of aromatic nitrogens is 2. The zero-order valence-electron chi connectivity index (χ0n) is 13.6. The van der Waals surface area contributed by atoms with E-state index in [1.54, 1.807) is 11.3 Å².